The fourth-order valence-corrected chi connectivity index (χ4v) is 2.82. The second kappa shape index (κ2) is 7.07. The van der Waals surface area contributed by atoms with Gasteiger partial charge in [-0.1, -0.05) is 0 Å². The van der Waals surface area contributed by atoms with Crippen LogP contribution in [0.4, 0.5) is 0 Å². The average Bonchev–Trinajstić information content (AvgIpc) is 1.43. The maximum absolute atomic E-state index is 10.4. The zero-order valence-electron chi connectivity index (χ0n) is 5.97. The van der Waals surface area contributed by atoms with E-state index in [9.17, 15) is 13.7 Å². The fraction of sp³-hybridized carbons (Fsp3) is 0. The van der Waals surface area contributed by atoms with Crippen molar-refractivity contribution in [1.82, 2.24) is 0 Å². The molecule has 0 aromatic rings. The van der Waals surface area contributed by atoms with E-state index in [-0.39, 0.29) is 35.9 Å². The van der Waals surface area contributed by atoms with Crippen LogP contribution in [-0.2, 0) is 39.4 Å². The third-order valence-electron chi connectivity index (χ3n) is 0.419. The maximum atomic E-state index is 10.4. The van der Waals surface area contributed by atoms with E-state index in [1.54, 1.807) is 0 Å². The van der Waals surface area contributed by atoms with Crippen molar-refractivity contribution < 1.29 is 63.9 Å². The third-order valence-corrected chi connectivity index (χ3v) is 3.77. The van der Waals surface area contributed by atoms with E-state index in [2.05, 4.69) is 8.62 Å². The van der Waals surface area contributed by atoms with Gasteiger partial charge in [-0.15, -0.1) is 0 Å². The number of hydrogen-bond acceptors (Lipinski definition) is 5. The summed E-state index contributed by atoms with van der Waals surface area (Å²) in [5.74, 6) is 0. The van der Waals surface area contributed by atoms with Gasteiger partial charge < -0.3 is 24.5 Å². The summed E-state index contributed by atoms with van der Waals surface area (Å²) < 4.78 is 36.4. The molecule has 0 fully saturated rings. The minimum absolute atomic E-state index is 0. The quantitative estimate of drug-likeness (QED) is 0.308. The Labute approximate surface area is 106 Å². The Bertz CT molecular complexity index is 283. The van der Waals surface area contributed by atoms with Gasteiger partial charge in [-0.25, -0.2) is 13.7 Å². The molecule has 10 nitrogen and oxygen atoms in total. The first kappa shape index (κ1) is 21.8. The minimum atomic E-state index is -5.46. The molecule has 15 heteroatoms. The van der Waals surface area contributed by atoms with Crippen LogP contribution in [0.15, 0.2) is 0 Å². The molecule has 0 aliphatic heterocycles. The van der Waals surface area contributed by atoms with Crippen LogP contribution < -0.4 is 0 Å². The Morgan fingerprint density at radius 2 is 0.933 bits per heavy atom. The van der Waals surface area contributed by atoms with Gasteiger partial charge in [-0.2, -0.15) is 8.62 Å². The number of rotatable bonds is 4. The molecule has 0 saturated carbocycles. The summed E-state index contributed by atoms with van der Waals surface area (Å²) >= 11 is 0. The molecule has 0 radical (unpaired) electrons. The van der Waals surface area contributed by atoms with E-state index in [1.165, 1.54) is 0 Å². The van der Waals surface area contributed by atoms with E-state index < -0.39 is 23.5 Å². The van der Waals surface area contributed by atoms with Crippen LogP contribution in [0.3, 0.4) is 0 Å². The molecule has 0 rings (SSSR count). The molecule has 0 aromatic carbocycles. The molecular formula is H6FeLiO10P3. The van der Waals surface area contributed by atoms with Crippen molar-refractivity contribution in [3.63, 3.8) is 0 Å². The van der Waals surface area contributed by atoms with E-state index in [1.807, 2.05) is 0 Å². The molecule has 0 amide bonds. The summed E-state index contributed by atoms with van der Waals surface area (Å²) in [7, 11) is -16.2. The molecule has 0 unspecified atom stereocenters. The summed E-state index contributed by atoms with van der Waals surface area (Å²) in [6.45, 7) is 0. The van der Waals surface area contributed by atoms with Crippen molar-refractivity contribution in [3.05, 3.63) is 0 Å². The zero-order chi connectivity index (χ0) is 10.9. The van der Waals surface area contributed by atoms with Crippen molar-refractivity contribution >= 4 is 42.3 Å². The second-order valence-electron chi connectivity index (χ2n) is 1.61. The van der Waals surface area contributed by atoms with Crippen LogP contribution in [-0.4, -0.2) is 43.3 Å². The molecule has 0 saturated heterocycles. The molecule has 0 bridgehead atoms. The molecule has 0 atom stereocenters. The summed E-state index contributed by atoms with van der Waals surface area (Å²) in [4.78, 5) is 40.2. The van der Waals surface area contributed by atoms with Crippen molar-refractivity contribution in [2.24, 2.45) is 0 Å². The van der Waals surface area contributed by atoms with Crippen LogP contribution in [0.5, 0.6) is 0 Å². The molecule has 0 heterocycles. The number of hydrogen-bond donors (Lipinski definition) is 5. The predicted molar refractivity (Wildman–Crippen MR) is 43.2 cm³/mol. The van der Waals surface area contributed by atoms with Crippen molar-refractivity contribution in [3.8, 4) is 0 Å². The first-order valence-corrected chi connectivity index (χ1v) is 6.83. The van der Waals surface area contributed by atoms with Gasteiger partial charge in [0.05, 0.1) is 0 Å². The van der Waals surface area contributed by atoms with Crippen LogP contribution in [0.25, 0.3) is 0 Å². The number of phosphoric acid groups is 3. The summed E-state index contributed by atoms with van der Waals surface area (Å²) in [5, 5.41) is 0. The van der Waals surface area contributed by atoms with Crippen molar-refractivity contribution in [2.45, 2.75) is 0 Å². The Morgan fingerprint density at radius 3 is 1.07 bits per heavy atom. The molecule has 0 aliphatic carbocycles. The van der Waals surface area contributed by atoms with E-state index >= 15 is 0 Å². The van der Waals surface area contributed by atoms with Crippen LogP contribution in [0.2, 0.25) is 0 Å². The Morgan fingerprint density at radius 1 is 0.733 bits per heavy atom. The van der Waals surface area contributed by atoms with Crippen LogP contribution >= 0.6 is 23.5 Å². The normalized spacial score (nSPS) is 12.6. The van der Waals surface area contributed by atoms with Gasteiger partial charge >= 0.3 is 42.3 Å². The SMILES string of the molecule is O=P(O)(O)OP(=O)(O)OP(=O)(O)O.[Fe].[LiH]. The van der Waals surface area contributed by atoms with E-state index in [0.717, 1.165) is 0 Å². The topological polar surface area (TPSA) is 171 Å². The van der Waals surface area contributed by atoms with Crippen molar-refractivity contribution in [2.75, 3.05) is 0 Å². The summed E-state index contributed by atoms with van der Waals surface area (Å²) in [5.41, 5.74) is 0. The summed E-state index contributed by atoms with van der Waals surface area (Å²) in [6.07, 6.45) is 0. The molecule has 0 aromatic heterocycles. The van der Waals surface area contributed by atoms with Gasteiger partial charge in [-0.05, 0) is 0 Å². The third kappa shape index (κ3) is 15.5. The Balaban J connectivity index is -0.000000720. The van der Waals surface area contributed by atoms with Gasteiger partial charge in [-0.3, -0.25) is 0 Å². The Kier molecular flexibility index (Phi) is 10.3. The monoisotopic (exact) mass is 322 g/mol. The first-order valence-electron chi connectivity index (χ1n) is 2.28. The van der Waals surface area contributed by atoms with Crippen molar-refractivity contribution in [1.29, 1.82) is 0 Å². The molecule has 0 aliphatic rings. The summed E-state index contributed by atoms with van der Waals surface area (Å²) in [6, 6.07) is 0. The molecule has 90 valence electrons. The van der Waals surface area contributed by atoms with Gasteiger partial charge in [0.2, 0.25) is 0 Å². The molecule has 15 heavy (non-hydrogen) atoms. The van der Waals surface area contributed by atoms with Gasteiger partial charge in [0, 0.05) is 17.1 Å². The van der Waals surface area contributed by atoms with Gasteiger partial charge in [0.15, 0.2) is 0 Å². The van der Waals surface area contributed by atoms with E-state index in [0.29, 0.717) is 0 Å². The second-order valence-corrected chi connectivity index (χ2v) is 5.82. The molecule has 5 N–H and O–H groups in total. The average molecular weight is 322 g/mol. The fourth-order valence-electron chi connectivity index (χ4n) is 0.284. The zero-order valence-corrected chi connectivity index (χ0v) is 9.76. The van der Waals surface area contributed by atoms with E-state index in [4.69, 9.17) is 24.5 Å². The van der Waals surface area contributed by atoms with Gasteiger partial charge in [0.25, 0.3) is 0 Å². The Hall–Kier alpha value is 1.53. The molecule has 0 spiro atoms. The van der Waals surface area contributed by atoms with Crippen LogP contribution in [0.1, 0.15) is 0 Å². The first-order chi connectivity index (χ1) is 5.41. The molecular weight excluding hydrogens is 316 g/mol. The van der Waals surface area contributed by atoms with Gasteiger partial charge in [0.1, 0.15) is 0 Å². The predicted octanol–water partition coefficient (Wildman–Crippen LogP) is -1.35. The van der Waals surface area contributed by atoms with Crippen LogP contribution in [0, 0.1) is 0 Å². The standard InChI is InChI=1S/Fe.Li.H5O10P3.H/c;;1-11(2,3)9-13(7,8)10-12(4,5)6;/h;;(H,7,8)(H2,1,2,3)(H2,4,5,6);.